The van der Waals surface area contributed by atoms with Gasteiger partial charge in [-0.1, -0.05) is 6.92 Å². The highest BCUT2D eigenvalue weighted by Crippen LogP contribution is 2.17. The van der Waals surface area contributed by atoms with Gasteiger partial charge in [-0.15, -0.1) is 0 Å². The molecule has 1 amide bonds. The largest absolute Gasteiger partial charge is 0.376 e. The zero-order valence-electron chi connectivity index (χ0n) is 10.8. The Morgan fingerprint density at radius 1 is 1.65 bits per heavy atom. The number of nitrogens with two attached hydrogens (primary N) is 1. The quantitative estimate of drug-likeness (QED) is 0.720. The number of nitrogens with one attached hydrogen (secondary N) is 1. The third kappa shape index (κ3) is 4.85. The number of ether oxygens (including phenoxy) is 1. The van der Waals surface area contributed by atoms with Gasteiger partial charge in [0.2, 0.25) is 5.91 Å². The predicted molar refractivity (Wildman–Crippen MR) is 72.2 cm³/mol. The van der Waals surface area contributed by atoms with E-state index in [0.717, 1.165) is 38.0 Å². The Bertz CT molecular complexity index is 233. The van der Waals surface area contributed by atoms with E-state index < -0.39 is 6.04 Å². The summed E-state index contributed by atoms with van der Waals surface area (Å²) in [7, 11) is 0. The van der Waals surface area contributed by atoms with Gasteiger partial charge in [0.1, 0.15) is 0 Å². The van der Waals surface area contributed by atoms with E-state index in [-0.39, 0.29) is 18.1 Å². The van der Waals surface area contributed by atoms with Gasteiger partial charge in [-0.2, -0.15) is 11.8 Å². The first-order valence-corrected chi connectivity index (χ1v) is 7.75. The molecule has 0 saturated carbocycles. The van der Waals surface area contributed by atoms with Gasteiger partial charge in [0, 0.05) is 6.61 Å². The molecule has 0 aromatic heterocycles. The molecule has 4 nitrogen and oxygen atoms in total. The van der Waals surface area contributed by atoms with Crippen molar-refractivity contribution >= 4 is 17.7 Å². The smallest absolute Gasteiger partial charge is 0.237 e. The van der Waals surface area contributed by atoms with Crippen LogP contribution in [0.2, 0.25) is 0 Å². The lowest BCUT2D eigenvalue weighted by Crippen LogP contribution is -2.49. The Kier molecular flexibility index (Phi) is 6.92. The lowest BCUT2D eigenvalue weighted by Gasteiger charge is -2.24. The maximum absolute atomic E-state index is 11.9. The summed E-state index contributed by atoms with van der Waals surface area (Å²) < 4.78 is 5.61. The van der Waals surface area contributed by atoms with Gasteiger partial charge in [0.25, 0.3) is 0 Å². The first kappa shape index (κ1) is 14.8. The van der Waals surface area contributed by atoms with Crippen LogP contribution in [-0.4, -0.2) is 42.7 Å². The zero-order valence-corrected chi connectivity index (χ0v) is 11.6. The molecule has 3 unspecified atom stereocenters. The Morgan fingerprint density at radius 2 is 2.41 bits per heavy atom. The monoisotopic (exact) mass is 260 g/mol. The van der Waals surface area contributed by atoms with Crippen LogP contribution in [0.25, 0.3) is 0 Å². The summed E-state index contributed by atoms with van der Waals surface area (Å²) in [6.07, 6.45) is 5.96. The summed E-state index contributed by atoms with van der Waals surface area (Å²) in [5, 5.41) is 3.02. The minimum Gasteiger partial charge on any atom is -0.376 e. The maximum Gasteiger partial charge on any atom is 0.237 e. The van der Waals surface area contributed by atoms with Gasteiger partial charge in [0.15, 0.2) is 0 Å². The normalized spacial score (nSPS) is 23.4. The number of carbonyl (C=O) groups excluding carboxylic acids is 1. The molecule has 0 aromatic carbocycles. The molecular weight excluding hydrogens is 236 g/mol. The van der Waals surface area contributed by atoms with Crippen molar-refractivity contribution in [2.45, 2.75) is 50.8 Å². The molecule has 1 saturated heterocycles. The fraction of sp³-hybridized carbons (Fsp3) is 0.917. The van der Waals surface area contributed by atoms with Crippen molar-refractivity contribution in [3.8, 4) is 0 Å². The van der Waals surface area contributed by atoms with E-state index in [4.69, 9.17) is 10.5 Å². The van der Waals surface area contributed by atoms with E-state index in [2.05, 4.69) is 12.2 Å². The van der Waals surface area contributed by atoms with Crippen LogP contribution in [0.15, 0.2) is 0 Å². The van der Waals surface area contributed by atoms with E-state index in [1.165, 1.54) is 0 Å². The SMILES string of the molecule is CCC(NC(=O)C(N)CCSC)C1CCCO1. The van der Waals surface area contributed by atoms with Crippen LogP contribution in [0.5, 0.6) is 0 Å². The van der Waals surface area contributed by atoms with Crippen molar-refractivity contribution in [1.29, 1.82) is 0 Å². The average Bonchev–Trinajstić information content (AvgIpc) is 2.86. The molecule has 0 radical (unpaired) electrons. The number of carbonyl (C=O) groups is 1. The van der Waals surface area contributed by atoms with Crippen LogP contribution in [-0.2, 0) is 9.53 Å². The maximum atomic E-state index is 11.9. The van der Waals surface area contributed by atoms with Crippen molar-refractivity contribution in [3.63, 3.8) is 0 Å². The van der Waals surface area contributed by atoms with Crippen molar-refractivity contribution in [1.82, 2.24) is 5.32 Å². The third-order valence-electron chi connectivity index (χ3n) is 3.15. The summed E-state index contributed by atoms with van der Waals surface area (Å²) in [6.45, 7) is 2.88. The summed E-state index contributed by atoms with van der Waals surface area (Å²) in [5.74, 6) is 0.882. The molecule has 100 valence electrons. The topological polar surface area (TPSA) is 64.4 Å². The molecule has 1 aliphatic heterocycles. The van der Waals surface area contributed by atoms with Crippen molar-refractivity contribution in [2.24, 2.45) is 5.73 Å². The average molecular weight is 260 g/mol. The molecule has 1 rings (SSSR count). The molecule has 1 heterocycles. The van der Waals surface area contributed by atoms with E-state index in [9.17, 15) is 4.79 Å². The van der Waals surface area contributed by atoms with Gasteiger partial charge >= 0.3 is 0 Å². The Hall–Kier alpha value is -0.260. The summed E-state index contributed by atoms with van der Waals surface area (Å²) in [5.41, 5.74) is 5.84. The minimum atomic E-state index is -0.391. The van der Waals surface area contributed by atoms with Gasteiger partial charge in [-0.25, -0.2) is 0 Å². The van der Waals surface area contributed by atoms with Crippen LogP contribution >= 0.6 is 11.8 Å². The first-order valence-electron chi connectivity index (χ1n) is 6.35. The van der Waals surface area contributed by atoms with Crippen LogP contribution < -0.4 is 11.1 Å². The molecule has 0 aromatic rings. The molecule has 0 spiro atoms. The predicted octanol–water partition coefficient (Wildman–Crippen LogP) is 1.14. The second kappa shape index (κ2) is 7.95. The number of hydrogen-bond acceptors (Lipinski definition) is 4. The second-order valence-corrected chi connectivity index (χ2v) is 5.45. The van der Waals surface area contributed by atoms with E-state index in [0.29, 0.717) is 0 Å². The van der Waals surface area contributed by atoms with Crippen LogP contribution in [0, 0.1) is 0 Å². The highest BCUT2D eigenvalue weighted by molar-refractivity contribution is 7.98. The Labute approximate surface area is 108 Å². The van der Waals surface area contributed by atoms with Crippen LogP contribution in [0.3, 0.4) is 0 Å². The van der Waals surface area contributed by atoms with Crippen molar-refractivity contribution < 1.29 is 9.53 Å². The number of amides is 1. The first-order chi connectivity index (χ1) is 8.19. The van der Waals surface area contributed by atoms with Crippen molar-refractivity contribution in [3.05, 3.63) is 0 Å². The summed E-state index contributed by atoms with van der Waals surface area (Å²) in [4.78, 5) is 11.9. The molecule has 0 aliphatic carbocycles. The molecule has 1 fully saturated rings. The molecule has 3 N–H and O–H groups in total. The Balaban J connectivity index is 2.35. The zero-order chi connectivity index (χ0) is 12.7. The van der Waals surface area contributed by atoms with Gasteiger partial charge in [-0.3, -0.25) is 4.79 Å². The highest BCUT2D eigenvalue weighted by atomic mass is 32.2. The van der Waals surface area contributed by atoms with Crippen molar-refractivity contribution in [2.75, 3.05) is 18.6 Å². The van der Waals surface area contributed by atoms with E-state index in [1.54, 1.807) is 11.8 Å². The lowest BCUT2D eigenvalue weighted by atomic mass is 10.0. The summed E-state index contributed by atoms with van der Waals surface area (Å²) in [6, 6.07) is -0.275. The highest BCUT2D eigenvalue weighted by Gasteiger charge is 2.27. The molecule has 3 atom stereocenters. The molecule has 1 aliphatic rings. The second-order valence-electron chi connectivity index (χ2n) is 4.46. The van der Waals surface area contributed by atoms with Gasteiger partial charge in [0.05, 0.1) is 18.2 Å². The van der Waals surface area contributed by atoms with Crippen LogP contribution in [0.4, 0.5) is 0 Å². The van der Waals surface area contributed by atoms with E-state index >= 15 is 0 Å². The fourth-order valence-electron chi connectivity index (χ4n) is 2.04. The van der Waals surface area contributed by atoms with Gasteiger partial charge in [-0.05, 0) is 37.7 Å². The third-order valence-corrected chi connectivity index (χ3v) is 3.79. The number of rotatable bonds is 7. The number of hydrogen-bond donors (Lipinski definition) is 2. The molecule has 0 bridgehead atoms. The molecule has 17 heavy (non-hydrogen) atoms. The van der Waals surface area contributed by atoms with Crippen LogP contribution in [0.1, 0.15) is 32.6 Å². The molecular formula is C12H24N2O2S. The number of thioether (sulfide) groups is 1. The summed E-state index contributed by atoms with van der Waals surface area (Å²) >= 11 is 1.71. The Morgan fingerprint density at radius 3 is 2.94 bits per heavy atom. The standard InChI is InChI=1S/C12H24N2O2S/c1-3-10(11-5-4-7-16-11)14-12(15)9(13)6-8-17-2/h9-11H,3-8,13H2,1-2H3,(H,14,15). The van der Waals surface area contributed by atoms with Gasteiger partial charge < -0.3 is 15.8 Å². The lowest BCUT2D eigenvalue weighted by molar-refractivity contribution is -0.124. The fourth-order valence-corrected chi connectivity index (χ4v) is 2.53. The minimum absolute atomic E-state index is 0.0404. The molecule has 5 heteroatoms. The van der Waals surface area contributed by atoms with E-state index in [1.807, 2.05) is 6.26 Å².